The molecule has 0 radical (unpaired) electrons. The van der Waals surface area contributed by atoms with Crippen LogP contribution in [0.1, 0.15) is 25.7 Å². The van der Waals surface area contributed by atoms with E-state index in [4.69, 9.17) is 0 Å². The van der Waals surface area contributed by atoms with Crippen molar-refractivity contribution >= 4 is 11.9 Å². The summed E-state index contributed by atoms with van der Waals surface area (Å²) < 4.78 is 4.67. The molecule has 5 nitrogen and oxygen atoms in total. The maximum Gasteiger partial charge on any atom is 0.305 e. The molecular formula is C13H24N2O3. The first kappa shape index (κ1) is 15.0. The second-order valence-electron chi connectivity index (χ2n) is 5.16. The predicted octanol–water partition coefficient (Wildman–Crippen LogP) is 0.740. The van der Waals surface area contributed by atoms with Crippen molar-refractivity contribution in [1.82, 2.24) is 9.80 Å². The highest BCUT2D eigenvalue weighted by Crippen LogP contribution is 2.21. The predicted molar refractivity (Wildman–Crippen MR) is 69.1 cm³/mol. The van der Waals surface area contributed by atoms with E-state index in [1.165, 1.54) is 7.11 Å². The van der Waals surface area contributed by atoms with Crippen LogP contribution in [0.4, 0.5) is 0 Å². The number of methoxy groups -OCH3 is 1. The number of hydrogen-bond donors (Lipinski definition) is 0. The summed E-state index contributed by atoms with van der Waals surface area (Å²) in [7, 11) is 5.36. The van der Waals surface area contributed by atoms with Crippen LogP contribution in [-0.4, -0.2) is 62.5 Å². The first-order valence-corrected chi connectivity index (χ1v) is 6.52. The Morgan fingerprint density at radius 2 is 1.89 bits per heavy atom. The van der Waals surface area contributed by atoms with Crippen LogP contribution in [0.5, 0.6) is 0 Å². The minimum absolute atomic E-state index is 0.146. The van der Waals surface area contributed by atoms with Crippen LogP contribution < -0.4 is 0 Å². The zero-order valence-electron chi connectivity index (χ0n) is 11.6. The third-order valence-electron chi connectivity index (χ3n) is 3.42. The van der Waals surface area contributed by atoms with Crippen LogP contribution in [0.25, 0.3) is 0 Å². The summed E-state index contributed by atoms with van der Waals surface area (Å²) in [5.74, 6) is 0.447. The lowest BCUT2D eigenvalue weighted by molar-refractivity contribution is -0.142. The van der Waals surface area contributed by atoms with Gasteiger partial charge >= 0.3 is 5.97 Å². The number of nitrogens with zero attached hydrogens (tertiary/aromatic N) is 2. The van der Waals surface area contributed by atoms with E-state index in [0.717, 1.165) is 32.5 Å². The van der Waals surface area contributed by atoms with E-state index >= 15 is 0 Å². The normalized spacial score (nSPS) is 17.0. The number of piperidine rings is 1. The van der Waals surface area contributed by atoms with E-state index < -0.39 is 0 Å². The molecule has 0 aromatic carbocycles. The number of carbonyl (C=O) groups excluding carboxylic acids is 2. The third-order valence-corrected chi connectivity index (χ3v) is 3.42. The van der Waals surface area contributed by atoms with Gasteiger partial charge in [-0.25, -0.2) is 0 Å². The van der Waals surface area contributed by atoms with Crippen molar-refractivity contribution in [3.05, 3.63) is 0 Å². The first-order valence-electron chi connectivity index (χ1n) is 6.52. The van der Waals surface area contributed by atoms with Crippen LogP contribution in [-0.2, 0) is 14.3 Å². The Bertz CT molecular complexity index is 284. The van der Waals surface area contributed by atoms with Gasteiger partial charge in [0, 0.05) is 32.5 Å². The van der Waals surface area contributed by atoms with E-state index in [1.807, 2.05) is 23.9 Å². The largest absolute Gasteiger partial charge is 0.469 e. The van der Waals surface area contributed by atoms with E-state index in [2.05, 4.69) is 4.74 Å². The highest BCUT2D eigenvalue weighted by Gasteiger charge is 2.24. The Hall–Kier alpha value is -1.10. The summed E-state index contributed by atoms with van der Waals surface area (Å²) in [4.78, 5) is 27.0. The maximum absolute atomic E-state index is 11.9. The van der Waals surface area contributed by atoms with Gasteiger partial charge in [-0.1, -0.05) is 0 Å². The molecule has 104 valence electrons. The minimum atomic E-state index is -0.146. The summed E-state index contributed by atoms with van der Waals surface area (Å²) in [5.41, 5.74) is 0. The van der Waals surface area contributed by atoms with Crippen LogP contribution >= 0.6 is 0 Å². The van der Waals surface area contributed by atoms with Crippen molar-refractivity contribution in [2.45, 2.75) is 25.7 Å². The first-order chi connectivity index (χ1) is 8.52. The Labute approximate surface area is 109 Å². The number of likely N-dealkylation sites (tertiary alicyclic amines) is 1. The van der Waals surface area contributed by atoms with Crippen LogP contribution in [0.15, 0.2) is 0 Å². The zero-order chi connectivity index (χ0) is 13.5. The summed E-state index contributed by atoms with van der Waals surface area (Å²) in [6.45, 7) is 2.34. The third kappa shape index (κ3) is 5.04. The lowest BCUT2D eigenvalue weighted by Crippen LogP contribution is -2.39. The molecule has 1 saturated heterocycles. The van der Waals surface area contributed by atoms with Crippen molar-refractivity contribution in [3.8, 4) is 0 Å². The standard InChI is InChI=1S/C13H24N2O3/c1-14(2)7-6-12(16)15-8-4-11(5-9-15)10-13(17)18-3/h11H,4-10H2,1-3H3. The number of rotatable bonds is 5. The number of carbonyl (C=O) groups is 2. The Morgan fingerprint density at radius 3 is 2.39 bits per heavy atom. The molecule has 1 fully saturated rings. The maximum atomic E-state index is 11.9. The summed E-state index contributed by atoms with van der Waals surface area (Å²) in [6, 6.07) is 0. The second-order valence-corrected chi connectivity index (χ2v) is 5.16. The fourth-order valence-electron chi connectivity index (χ4n) is 2.18. The van der Waals surface area contributed by atoms with Crippen LogP contribution in [0, 0.1) is 5.92 Å². The van der Waals surface area contributed by atoms with Gasteiger partial charge in [0.25, 0.3) is 0 Å². The van der Waals surface area contributed by atoms with Gasteiger partial charge in [-0.15, -0.1) is 0 Å². The van der Waals surface area contributed by atoms with Crippen molar-refractivity contribution in [3.63, 3.8) is 0 Å². The molecule has 0 aromatic heterocycles. The average molecular weight is 256 g/mol. The van der Waals surface area contributed by atoms with Gasteiger partial charge < -0.3 is 14.5 Å². The molecule has 0 atom stereocenters. The van der Waals surface area contributed by atoms with Gasteiger partial charge in [0.05, 0.1) is 7.11 Å². The molecule has 1 amide bonds. The lowest BCUT2D eigenvalue weighted by Gasteiger charge is -2.31. The number of hydrogen-bond acceptors (Lipinski definition) is 4. The molecule has 0 N–H and O–H groups in total. The molecule has 0 aromatic rings. The number of amides is 1. The molecule has 1 heterocycles. The molecule has 0 bridgehead atoms. The Kier molecular flexibility index (Phi) is 6.12. The van der Waals surface area contributed by atoms with Crippen molar-refractivity contribution in [2.75, 3.05) is 40.8 Å². The SMILES string of the molecule is COC(=O)CC1CCN(C(=O)CCN(C)C)CC1. The molecular weight excluding hydrogens is 232 g/mol. The van der Waals surface area contributed by atoms with E-state index in [-0.39, 0.29) is 11.9 Å². The Balaban J connectivity index is 2.26. The summed E-state index contributed by atoms with van der Waals surface area (Å²) >= 11 is 0. The van der Waals surface area contributed by atoms with E-state index in [9.17, 15) is 9.59 Å². The molecule has 0 saturated carbocycles. The highest BCUT2D eigenvalue weighted by molar-refractivity contribution is 5.76. The fourth-order valence-corrected chi connectivity index (χ4v) is 2.18. The monoisotopic (exact) mass is 256 g/mol. The van der Waals surface area contributed by atoms with E-state index in [1.54, 1.807) is 0 Å². The van der Waals surface area contributed by atoms with Crippen molar-refractivity contribution < 1.29 is 14.3 Å². The van der Waals surface area contributed by atoms with Crippen molar-refractivity contribution in [1.29, 1.82) is 0 Å². The van der Waals surface area contributed by atoms with Gasteiger partial charge in [-0.05, 0) is 32.9 Å². The summed E-state index contributed by atoms with van der Waals surface area (Å²) in [5, 5.41) is 0. The van der Waals surface area contributed by atoms with Crippen LogP contribution in [0.3, 0.4) is 0 Å². The molecule has 18 heavy (non-hydrogen) atoms. The molecule has 1 aliphatic heterocycles. The minimum Gasteiger partial charge on any atom is -0.469 e. The zero-order valence-corrected chi connectivity index (χ0v) is 11.6. The van der Waals surface area contributed by atoms with Gasteiger partial charge in [-0.2, -0.15) is 0 Å². The quantitative estimate of drug-likeness (QED) is 0.681. The van der Waals surface area contributed by atoms with Gasteiger partial charge in [-0.3, -0.25) is 9.59 Å². The van der Waals surface area contributed by atoms with Gasteiger partial charge in [0.1, 0.15) is 0 Å². The lowest BCUT2D eigenvalue weighted by atomic mass is 9.93. The molecule has 0 unspecified atom stereocenters. The molecule has 1 aliphatic rings. The van der Waals surface area contributed by atoms with Crippen molar-refractivity contribution in [2.24, 2.45) is 5.92 Å². The summed E-state index contributed by atoms with van der Waals surface area (Å²) in [6.07, 6.45) is 2.87. The molecule has 1 rings (SSSR count). The number of esters is 1. The topological polar surface area (TPSA) is 49.9 Å². The average Bonchev–Trinajstić information content (AvgIpc) is 2.36. The highest BCUT2D eigenvalue weighted by atomic mass is 16.5. The Morgan fingerprint density at radius 1 is 1.28 bits per heavy atom. The second kappa shape index (κ2) is 7.36. The van der Waals surface area contributed by atoms with E-state index in [0.29, 0.717) is 18.8 Å². The fraction of sp³-hybridized carbons (Fsp3) is 0.846. The molecule has 5 heteroatoms. The molecule has 0 aliphatic carbocycles. The van der Waals surface area contributed by atoms with Crippen LogP contribution in [0.2, 0.25) is 0 Å². The van der Waals surface area contributed by atoms with Gasteiger partial charge in [0.15, 0.2) is 0 Å². The number of ether oxygens (including phenoxy) is 1. The molecule has 0 spiro atoms. The van der Waals surface area contributed by atoms with Gasteiger partial charge in [0.2, 0.25) is 5.91 Å². The smallest absolute Gasteiger partial charge is 0.305 e.